The largest absolute Gasteiger partial charge is 0.494 e. The van der Waals surface area contributed by atoms with Crippen molar-refractivity contribution in [1.82, 2.24) is 5.43 Å². The molecule has 0 aliphatic rings. The number of nitrogens with one attached hydrogen (secondary N) is 1. The van der Waals surface area contributed by atoms with Crippen LogP contribution in [0.5, 0.6) is 5.75 Å². The summed E-state index contributed by atoms with van der Waals surface area (Å²) in [6, 6.07) is 47.9. The average molecular weight is 977 g/mol. The van der Waals surface area contributed by atoms with Crippen LogP contribution in [0, 0.1) is 23.3 Å². The van der Waals surface area contributed by atoms with E-state index < -0.39 is 29.2 Å². The molecule has 0 aliphatic carbocycles. The molecular formula is C64H56F4N2O3. The summed E-state index contributed by atoms with van der Waals surface area (Å²) in [6.45, 7) is 6.76. The van der Waals surface area contributed by atoms with Crippen molar-refractivity contribution in [1.29, 1.82) is 0 Å². The number of hydrazone groups is 1. The second-order valence-corrected chi connectivity index (χ2v) is 18.3. The first-order valence-electron chi connectivity index (χ1n) is 25.0. The molecule has 1 N–H and O–H groups in total. The highest BCUT2D eigenvalue weighted by Gasteiger charge is 2.23. The van der Waals surface area contributed by atoms with Gasteiger partial charge in [-0.3, -0.25) is 0 Å². The standard InChI is InChI=1S/C64H56F4N2O3/c1-3-5-8-15-42-20-22-43(23-21-42)46-27-29-55(60(65)39-46)57-33-32-56(63(67)64(57)68)54-31-30-53(49-25-24-45-38-50(28-26-44(45)36-49)72-34-13-6-7-14-35-73-61(71)4-2)62(66)59(54)41-70-69-40-58-51-18-11-9-16-47(51)37-48-17-10-12-19-52(48)58/h4,9-12,16-33,36-39,41,69H,2-3,5-8,13-15,34-35,40H2,1H3/b70-41+. The van der Waals surface area contributed by atoms with Crippen molar-refractivity contribution in [2.75, 3.05) is 13.2 Å². The average Bonchev–Trinajstić information content (AvgIpc) is 3.41. The van der Waals surface area contributed by atoms with E-state index in [2.05, 4.69) is 54.4 Å². The molecule has 0 radical (unpaired) electrons. The summed E-state index contributed by atoms with van der Waals surface area (Å²) in [5, 5.41) is 10.5. The fourth-order valence-electron chi connectivity index (χ4n) is 9.49. The van der Waals surface area contributed by atoms with Crippen molar-refractivity contribution >= 4 is 44.5 Å². The summed E-state index contributed by atoms with van der Waals surface area (Å²) in [6.07, 6.45) is 10.3. The van der Waals surface area contributed by atoms with Crippen molar-refractivity contribution in [3.63, 3.8) is 0 Å². The highest BCUT2D eigenvalue weighted by Crippen LogP contribution is 2.39. The molecule has 0 bridgehead atoms. The summed E-state index contributed by atoms with van der Waals surface area (Å²) in [5.74, 6) is -3.59. The van der Waals surface area contributed by atoms with Gasteiger partial charge in [-0.1, -0.05) is 154 Å². The van der Waals surface area contributed by atoms with E-state index in [1.165, 1.54) is 36.0 Å². The summed E-state index contributed by atoms with van der Waals surface area (Å²) in [5.41, 5.74) is 7.02. The Morgan fingerprint density at radius 1 is 0.562 bits per heavy atom. The van der Waals surface area contributed by atoms with Crippen LogP contribution in [0.1, 0.15) is 68.6 Å². The smallest absolute Gasteiger partial charge is 0.330 e. The molecule has 5 nitrogen and oxygen atoms in total. The van der Waals surface area contributed by atoms with E-state index in [1.807, 2.05) is 84.9 Å². The molecule has 0 atom stereocenters. The molecule has 0 saturated heterocycles. The topological polar surface area (TPSA) is 59.9 Å². The zero-order chi connectivity index (χ0) is 50.7. The summed E-state index contributed by atoms with van der Waals surface area (Å²) in [7, 11) is 0. The Labute approximate surface area is 423 Å². The second kappa shape index (κ2) is 23.5. The Morgan fingerprint density at radius 3 is 1.89 bits per heavy atom. The van der Waals surface area contributed by atoms with Gasteiger partial charge in [0.05, 0.1) is 26.0 Å². The Kier molecular flexibility index (Phi) is 16.0. The summed E-state index contributed by atoms with van der Waals surface area (Å²) in [4.78, 5) is 11.2. The zero-order valence-corrected chi connectivity index (χ0v) is 40.8. The first kappa shape index (κ1) is 49.9. The summed E-state index contributed by atoms with van der Waals surface area (Å²) < 4.78 is 77.3. The number of rotatable bonds is 21. The van der Waals surface area contributed by atoms with Crippen LogP contribution in [0.25, 0.3) is 76.8 Å². The van der Waals surface area contributed by atoms with Crippen LogP contribution in [0.3, 0.4) is 0 Å². The van der Waals surface area contributed by atoms with Gasteiger partial charge in [0, 0.05) is 33.9 Å². The molecule has 0 unspecified atom stereocenters. The van der Waals surface area contributed by atoms with E-state index in [4.69, 9.17) is 9.47 Å². The number of hydrogen-bond donors (Lipinski definition) is 1. The highest BCUT2D eigenvalue weighted by molar-refractivity contribution is 6.02. The second-order valence-electron chi connectivity index (χ2n) is 18.3. The first-order chi connectivity index (χ1) is 35.7. The number of fused-ring (bicyclic) bond motifs is 3. The van der Waals surface area contributed by atoms with Gasteiger partial charge in [0.2, 0.25) is 0 Å². The van der Waals surface area contributed by atoms with E-state index in [-0.39, 0.29) is 33.4 Å². The van der Waals surface area contributed by atoms with Gasteiger partial charge in [-0.25, -0.2) is 22.4 Å². The fourth-order valence-corrected chi connectivity index (χ4v) is 9.49. The van der Waals surface area contributed by atoms with Gasteiger partial charge in [-0.05, 0) is 135 Å². The molecule has 73 heavy (non-hydrogen) atoms. The lowest BCUT2D eigenvalue weighted by Crippen LogP contribution is -2.08. The van der Waals surface area contributed by atoms with Crippen molar-refractivity contribution in [2.45, 2.75) is 64.8 Å². The first-order valence-corrected chi connectivity index (χ1v) is 25.0. The predicted octanol–water partition coefficient (Wildman–Crippen LogP) is 16.9. The van der Waals surface area contributed by atoms with Gasteiger partial charge >= 0.3 is 5.97 Å². The molecule has 9 heteroatoms. The lowest BCUT2D eigenvalue weighted by atomic mass is 9.91. The number of ether oxygens (including phenoxy) is 2. The van der Waals surface area contributed by atoms with Gasteiger partial charge in [0.15, 0.2) is 11.6 Å². The van der Waals surface area contributed by atoms with Crippen molar-refractivity contribution < 1.29 is 31.8 Å². The van der Waals surface area contributed by atoms with Gasteiger partial charge in [-0.2, -0.15) is 5.10 Å². The molecule has 0 fully saturated rings. The maximum absolute atomic E-state index is 17.3. The van der Waals surface area contributed by atoms with Gasteiger partial charge < -0.3 is 14.9 Å². The lowest BCUT2D eigenvalue weighted by Gasteiger charge is -2.15. The molecule has 0 amide bonds. The van der Waals surface area contributed by atoms with Crippen LogP contribution in [-0.2, 0) is 22.5 Å². The number of esters is 1. The van der Waals surface area contributed by atoms with Gasteiger partial charge in [0.1, 0.15) is 17.4 Å². The number of hydrogen-bond acceptors (Lipinski definition) is 5. The molecule has 0 saturated carbocycles. The number of nitrogens with zero attached hydrogens (tertiary/aromatic N) is 1. The predicted molar refractivity (Wildman–Crippen MR) is 290 cm³/mol. The molecule has 368 valence electrons. The Hall–Kier alpha value is -8.04. The third-order valence-electron chi connectivity index (χ3n) is 13.4. The number of unbranched alkanes of at least 4 members (excludes halogenated alkanes) is 5. The van der Waals surface area contributed by atoms with Crippen LogP contribution in [0.4, 0.5) is 17.6 Å². The number of aryl methyl sites for hydroxylation is 1. The van der Waals surface area contributed by atoms with Crippen molar-refractivity contribution in [3.05, 3.63) is 210 Å². The molecule has 0 aliphatic heterocycles. The Balaban J connectivity index is 0.996. The lowest BCUT2D eigenvalue weighted by molar-refractivity contribution is -0.137. The van der Waals surface area contributed by atoms with Crippen LogP contribution >= 0.6 is 0 Å². The van der Waals surface area contributed by atoms with E-state index in [0.29, 0.717) is 36.6 Å². The Bertz CT molecular complexity index is 3420. The molecule has 0 spiro atoms. The summed E-state index contributed by atoms with van der Waals surface area (Å²) >= 11 is 0. The minimum atomic E-state index is -1.25. The number of carbonyl (C=O) groups excluding carboxylic acids is 1. The zero-order valence-electron chi connectivity index (χ0n) is 40.8. The molecule has 0 aromatic heterocycles. The molecule has 9 rings (SSSR count). The Morgan fingerprint density at radius 2 is 1.18 bits per heavy atom. The SMILES string of the molecule is C=CC(=O)OCCCCCCOc1ccc2cc(-c3ccc(-c4ccc(-c5ccc(-c6ccc(CCCCC)cc6)cc5F)c(F)c4F)c(/C=N/NCc4c5ccccc5cc5ccccc45)c3F)ccc2c1. The monoisotopic (exact) mass is 976 g/mol. The number of carbonyl (C=O) groups is 1. The number of benzene rings is 9. The normalized spacial score (nSPS) is 11.5. The molecular weight excluding hydrogens is 921 g/mol. The fraction of sp³-hybridized carbons (Fsp3) is 0.188. The number of halogens is 4. The maximum atomic E-state index is 17.3. The van der Waals surface area contributed by atoms with Crippen LogP contribution in [0.15, 0.2) is 175 Å². The minimum absolute atomic E-state index is 0.0626. The molecule has 9 aromatic rings. The molecule has 9 aromatic carbocycles. The third-order valence-corrected chi connectivity index (χ3v) is 13.4. The van der Waals surface area contributed by atoms with E-state index in [1.54, 1.807) is 18.2 Å². The highest BCUT2D eigenvalue weighted by atomic mass is 19.2. The van der Waals surface area contributed by atoms with Crippen molar-refractivity contribution in [3.8, 4) is 50.3 Å². The van der Waals surface area contributed by atoms with Gasteiger partial charge in [-0.15, -0.1) is 0 Å². The maximum Gasteiger partial charge on any atom is 0.330 e. The van der Waals surface area contributed by atoms with E-state index in [0.717, 1.165) is 101 Å². The quantitative estimate of drug-likeness (QED) is 0.0148. The van der Waals surface area contributed by atoms with Crippen LogP contribution < -0.4 is 10.2 Å². The third kappa shape index (κ3) is 11.5. The van der Waals surface area contributed by atoms with Crippen molar-refractivity contribution in [2.24, 2.45) is 5.10 Å². The van der Waals surface area contributed by atoms with Crippen LogP contribution in [0.2, 0.25) is 0 Å². The minimum Gasteiger partial charge on any atom is -0.494 e. The molecule has 0 heterocycles. The van der Waals surface area contributed by atoms with Gasteiger partial charge in [0.25, 0.3) is 0 Å². The van der Waals surface area contributed by atoms with E-state index >= 15 is 17.6 Å². The van der Waals surface area contributed by atoms with E-state index in [9.17, 15) is 4.79 Å². The van der Waals surface area contributed by atoms with Crippen LogP contribution in [-0.4, -0.2) is 25.4 Å².